The molecule has 0 aliphatic carbocycles. The van der Waals surface area contributed by atoms with Gasteiger partial charge in [0.25, 0.3) is 15.7 Å². The summed E-state index contributed by atoms with van der Waals surface area (Å²) in [6.07, 6.45) is 0. The van der Waals surface area contributed by atoms with E-state index in [1.165, 1.54) is 31.4 Å². The minimum atomic E-state index is -4.19. The van der Waals surface area contributed by atoms with Crippen molar-refractivity contribution in [2.45, 2.75) is 4.90 Å². The number of carbonyl (C=O) groups is 1. The van der Waals surface area contributed by atoms with E-state index in [4.69, 9.17) is 16.3 Å². The Morgan fingerprint density at radius 3 is 2.46 bits per heavy atom. The quantitative estimate of drug-likeness (QED) is 0.449. The fourth-order valence-electron chi connectivity index (χ4n) is 2.03. The van der Waals surface area contributed by atoms with Crippen LogP contribution in [0.15, 0.2) is 41.3 Å². The fourth-order valence-corrected chi connectivity index (χ4v) is 3.31. The molecule has 0 radical (unpaired) electrons. The summed E-state index contributed by atoms with van der Waals surface area (Å²) in [7, 11) is -1.77. The molecular formula is C15H13ClN2O7S. The average Bonchev–Trinajstić information content (AvgIpc) is 2.60. The largest absolute Gasteiger partial charge is 0.495 e. The van der Waals surface area contributed by atoms with Crippen molar-refractivity contribution in [1.29, 1.82) is 0 Å². The second-order valence-corrected chi connectivity index (χ2v) is 6.97. The van der Waals surface area contributed by atoms with Crippen molar-refractivity contribution >= 4 is 39.0 Å². The third-order valence-corrected chi connectivity index (χ3v) is 4.98. The van der Waals surface area contributed by atoms with Crippen molar-refractivity contribution in [3.05, 3.63) is 57.1 Å². The Bertz CT molecular complexity index is 976. The van der Waals surface area contributed by atoms with Gasteiger partial charge in [-0.25, -0.2) is 13.2 Å². The van der Waals surface area contributed by atoms with E-state index >= 15 is 0 Å². The van der Waals surface area contributed by atoms with Crippen molar-refractivity contribution in [3.63, 3.8) is 0 Å². The highest BCUT2D eigenvalue weighted by atomic mass is 35.5. The van der Waals surface area contributed by atoms with E-state index < -0.39 is 20.9 Å². The van der Waals surface area contributed by atoms with Gasteiger partial charge in [0.2, 0.25) is 0 Å². The topological polar surface area (TPSA) is 125 Å². The van der Waals surface area contributed by atoms with Gasteiger partial charge in [-0.15, -0.1) is 0 Å². The van der Waals surface area contributed by atoms with Crippen LogP contribution in [0.3, 0.4) is 0 Å². The number of benzene rings is 2. The molecule has 0 bridgehead atoms. The number of non-ortho nitro benzene ring substituents is 1. The summed E-state index contributed by atoms with van der Waals surface area (Å²) in [5.74, 6) is -0.721. The Morgan fingerprint density at radius 1 is 1.19 bits per heavy atom. The molecule has 0 spiro atoms. The van der Waals surface area contributed by atoms with Crippen molar-refractivity contribution in [2.75, 3.05) is 18.9 Å². The van der Waals surface area contributed by atoms with Gasteiger partial charge in [-0.1, -0.05) is 11.6 Å². The summed E-state index contributed by atoms with van der Waals surface area (Å²) in [5.41, 5.74) is -0.589. The first-order valence-corrected chi connectivity index (χ1v) is 8.79. The van der Waals surface area contributed by atoms with Crippen molar-refractivity contribution < 1.29 is 27.6 Å². The maximum absolute atomic E-state index is 12.6. The van der Waals surface area contributed by atoms with Crippen LogP contribution in [0.5, 0.6) is 5.75 Å². The molecule has 2 rings (SSSR count). The van der Waals surface area contributed by atoms with Gasteiger partial charge < -0.3 is 9.47 Å². The van der Waals surface area contributed by atoms with Gasteiger partial charge in [-0.2, -0.15) is 0 Å². The first-order valence-electron chi connectivity index (χ1n) is 6.92. The smallest absolute Gasteiger partial charge is 0.339 e. The maximum Gasteiger partial charge on any atom is 0.339 e. The predicted molar refractivity (Wildman–Crippen MR) is 93.2 cm³/mol. The lowest BCUT2D eigenvalue weighted by Gasteiger charge is -2.12. The molecule has 9 nitrogen and oxygen atoms in total. The molecule has 138 valence electrons. The van der Waals surface area contributed by atoms with Gasteiger partial charge in [-0.05, 0) is 24.3 Å². The number of anilines is 1. The number of nitro benzene ring substituents is 1. The summed E-state index contributed by atoms with van der Waals surface area (Å²) in [4.78, 5) is 21.6. The molecule has 2 aromatic rings. The molecular weight excluding hydrogens is 388 g/mol. The van der Waals surface area contributed by atoms with Crippen molar-refractivity contribution in [1.82, 2.24) is 0 Å². The normalized spacial score (nSPS) is 10.9. The molecule has 1 N–H and O–H groups in total. The molecule has 0 heterocycles. The molecule has 11 heteroatoms. The summed E-state index contributed by atoms with van der Waals surface area (Å²) in [6, 6.07) is 6.91. The third-order valence-electron chi connectivity index (χ3n) is 3.29. The highest BCUT2D eigenvalue weighted by Gasteiger charge is 2.22. The monoisotopic (exact) mass is 400 g/mol. The number of ether oxygens (including phenoxy) is 2. The molecule has 0 amide bonds. The first kappa shape index (κ1) is 19.5. The van der Waals surface area contributed by atoms with Gasteiger partial charge in [0.1, 0.15) is 5.75 Å². The Morgan fingerprint density at radius 2 is 1.88 bits per heavy atom. The molecule has 2 aromatic carbocycles. The molecule has 26 heavy (non-hydrogen) atoms. The third kappa shape index (κ3) is 4.03. The van der Waals surface area contributed by atoms with E-state index in [-0.39, 0.29) is 32.6 Å². The Balaban J connectivity index is 2.48. The standard InChI is InChI=1S/C15H13ClN2O7S/c1-24-14-6-3-9(18(20)21)7-13(14)17-26(22,23)10-4-5-12(16)11(8-10)15(19)25-2/h3-8,17H,1-2H3. The lowest BCUT2D eigenvalue weighted by Crippen LogP contribution is -2.15. The number of sulfonamides is 1. The summed E-state index contributed by atoms with van der Waals surface area (Å²) >= 11 is 5.87. The van der Waals surface area contributed by atoms with E-state index in [2.05, 4.69) is 9.46 Å². The van der Waals surface area contributed by atoms with Crippen LogP contribution in [0.2, 0.25) is 5.02 Å². The molecule has 0 aliphatic rings. The number of nitro groups is 1. The number of esters is 1. The van der Waals surface area contributed by atoms with E-state index in [1.54, 1.807) is 0 Å². The molecule has 0 fully saturated rings. The van der Waals surface area contributed by atoms with Gasteiger partial charge in [-0.3, -0.25) is 14.8 Å². The minimum absolute atomic E-state index is 0.0173. The predicted octanol–water partition coefficient (Wildman–Crippen LogP) is 2.84. The van der Waals surface area contributed by atoms with Crippen LogP contribution in [0.4, 0.5) is 11.4 Å². The van der Waals surface area contributed by atoms with Crippen LogP contribution in [0.1, 0.15) is 10.4 Å². The number of carbonyl (C=O) groups excluding carboxylic acids is 1. The molecule has 0 saturated carbocycles. The average molecular weight is 401 g/mol. The van der Waals surface area contributed by atoms with E-state index in [1.807, 2.05) is 0 Å². The number of halogens is 1. The Hall–Kier alpha value is -2.85. The van der Waals surface area contributed by atoms with Gasteiger partial charge in [0.15, 0.2) is 0 Å². The number of nitrogens with zero attached hydrogens (tertiary/aromatic N) is 1. The fraction of sp³-hybridized carbons (Fsp3) is 0.133. The van der Waals surface area contributed by atoms with Crippen molar-refractivity contribution in [2.24, 2.45) is 0 Å². The molecule has 0 saturated heterocycles. The first-order chi connectivity index (χ1) is 12.2. The van der Waals surface area contributed by atoms with Crippen LogP contribution < -0.4 is 9.46 Å². The molecule has 0 aliphatic heterocycles. The highest BCUT2D eigenvalue weighted by molar-refractivity contribution is 7.92. The van der Waals surface area contributed by atoms with Gasteiger partial charge >= 0.3 is 5.97 Å². The van der Waals surface area contributed by atoms with Crippen molar-refractivity contribution in [3.8, 4) is 5.75 Å². The second-order valence-electron chi connectivity index (χ2n) is 4.88. The van der Waals surface area contributed by atoms with Crippen LogP contribution in [0.25, 0.3) is 0 Å². The van der Waals surface area contributed by atoms with Crippen LogP contribution >= 0.6 is 11.6 Å². The Kier molecular flexibility index (Phi) is 5.68. The lowest BCUT2D eigenvalue weighted by molar-refractivity contribution is -0.384. The molecule has 0 atom stereocenters. The summed E-state index contributed by atoms with van der Waals surface area (Å²) in [6.45, 7) is 0. The zero-order valence-corrected chi connectivity index (χ0v) is 15.1. The zero-order valence-electron chi connectivity index (χ0n) is 13.6. The number of hydrogen-bond acceptors (Lipinski definition) is 7. The van der Waals surface area contributed by atoms with Crippen LogP contribution in [-0.2, 0) is 14.8 Å². The second kappa shape index (κ2) is 7.58. The summed E-state index contributed by atoms with van der Waals surface area (Å²) in [5, 5.41) is 10.9. The summed E-state index contributed by atoms with van der Waals surface area (Å²) < 4.78 is 37.0. The zero-order chi connectivity index (χ0) is 19.5. The number of nitrogens with one attached hydrogen (secondary N) is 1. The van der Waals surface area contributed by atoms with E-state index in [0.29, 0.717) is 0 Å². The number of rotatable bonds is 6. The van der Waals surface area contributed by atoms with Gasteiger partial charge in [0.05, 0.1) is 40.3 Å². The Labute approximate surface area is 153 Å². The van der Waals surface area contributed by atoms with E-state index in [0.717, 1.165) is 19.2 Å². The number of methoxy groups -OCH3 is 2. The van der Waals surface area contributed by atoms with E-state index in [9.17, 15) is 23.3 Å². The van der Waals surface area contributed by atoms with Gasteiger partial charge in [0, 0.05) is 12.1 Å². The van der Waals surface area contributed by atoms with Crippen LogP contribution in [-0.4, -0.2) is 33.5 Å². The SMILES string of the molecule is COC(=O)c1cc(S(=O)(=O)Nc2cc([N+](=O)[O-])ccc2OC)ccc1Cl. The maximum atomic E-state index is 12.6. The van der Waals surface area contributed by atoms with Crippen LogP contribution in [0, 0.1) is 10.1 Å². The lowest BCUT2D eigenvalue weighted by atomic mass is 10.2. The highest BCUT2D eigenvalue weighted by Crippen LogP contribution is 2.31. The molecule has 0 aromatic heterocycles. The number of hydrogen-bond donors (Lipinski definition) is 1. The minimum Gasteiger partial charge on any atom is -0.495 e. The molecule has 0 unspecified atom stereocenters.